The van der Waals surface area contributed by atoms with Crippen molar-refractivity contribution in [1.82, 2.24) is 16.0 Å². The summed E-state index contributed by atoms with van der Waals surface area (Å²) in [5.41, 5.74) is 28.2. The van der Waals surface area contributed by atoms with Crippen LogP contribution in [0.15, 0.2) is 24.3 Å². The van der Waals surface area contributed by atoms with Crippen LogP contribution in [-0.4, -0.2) is 71.9 Å². The van der Waals surface area contributed by atoms with Crippen LogP contribution in [0.4, 0.5) is 0 Å². The quantitative estimate of drug-likeness (QED) is 0.0920. The van der Waals surface area contributed by atoms with Gasteiger partial charge in [0, 0.05) is 12.8 Å². The number of aromatic hydroxyl groups is 1. The summed E-state index contributed by atoms with van der Waals surface area (Å²) in [4.78, 5) is 62.0. The molecular weight excluding hydrogens is 496 g/mol. The van der Waals surface area contributed by atoms with Gasteiger partial charge in [-0.15, -0.1) is 0 Å². The van der Waals surface area contributed by atoms with E-state index >= 15 is 0 Å². The van der Waals surface area contributed by atoms with E-state index in [1.54, 1.807) is 12.1 Å². The Kier molecular flexibility index (Phi) is 14.3. The molecule has 0 spiro atoms. The summed E-state index contributed by atoms with van der Waals surface area (Å²) in [5, 5.41) is 17.0. The fourth-order valence-corrected chi connectivity index (χ4v) is 3.53. The summed E-state index contributed by atoms with van der Waals surface area (Å²) in [7, 11) is 0. The number of phenolic OH excluding ortho intramolecular Hbond substituents is 1. The molecule has 0 aromatic heterocycles. The monoisotopic (exact) mass is 536 g/mol. The van der Waals surface area contributed by atoms with Crippen LogP contribution >= 0.6 is 0 Å². The highest BCUT2D eigenvalue weighted by Gasteiger charge is 2.30. The van der Waals surface area contributed by atoms with E-state index in [9.17, 15) is 29.1 Å². The number of hydrogen-bond acceptors (Lipinski definition) is 9. The molecule has 0 saturated carbocycles. The number of amides is 5. The molecule has 212 valence electrons. The fraction of sp³-hybridized carbons (Fsp3) is 0.542. The molecule has 0 saturated heterocycles. The van der Waals surface area contributed by atoms with E-state index in [2.05, 4.69) is 16.0 Å². The molecule has 0 aliphatic carbocycles. The average Bonchev–Trinajstić information content (AvgIpc) is 2.87. The van der Waals surface area contributed by atoms with Crippen molar-refractivity contribution >= 4 is 29.5 Å². The van der Waals surface area contributed by atoms with Gasteiger partial charge in [0.2, 0.25) is 29.5 Å². The third-order valence-electron chi connectivity index (χ3n) is 5.73. The van der Waals surface area contributed by atoms with Gasteiger partial charge in [-0.1, -0.05) is 12.1 Å². The van der Waals surface area contributed by atoms with Crippen molar-refractivity contribution in [1.29, 1.82) is 0 Å². The minimum absolute atomic E-state index is 0.0382. The Balaban J connectivity index is 3.00. The number of hydrogen-bond donors (Lipinski definition) is 9. The first kappa shape index (κ1) is 32.3. The molecule has 0 fully saturated rings. The first-order chi connectivity index (χ1) is 18.0. The third kappa shape index (κ3) is 12.0. The van der Waals surface area contributed by atoms with E-state index in [1.807, 2.05) is 0 Å². The van der Waals surface area contributed by atoms with Crippen molar-refractivity contribution in [2.24, 2.45) is 28.7 Å². The normalized spacial score (nSPS) is 14.0. The van der Waals surface area contributed by atoms with E-state index in [4.69, 9.17) is 28.7 Å². The van der Waals surface area contributed by atoms with Crippen LogP contribution in [0.25, 0.3) is 0 Å². The molecule has 0 radical (unpaired) electrons. The Morgan fingerprint density at radius 1 is 0.737 bits per heavy atom. The number of benzene rings is 1. The second-order valence-electron chi connectivity index (χ2n) is 8.93. The van der Waals surface area contributed by atoms with Gasteiger partial charge in [0.05, 0.1) is 6.04 Å². The molecule has 0 aliphatic rings. The number of carbonyl (C=O) groups excluding carboxylic acids is 5. The zero-order valence-electron chi connectivity index (χ0n) is 21.4. The number of phenols is 1. The number of primary amides is 2. The van der Waals surface area contributed by atoms with Crippen molar-refractivity contribution in [2.75, 3.05) is 13.1 Å². The van der Waals surface area contributed by atoms with Crippen molar-refractivity contribution < 1.29 is 29.1 Å². The molecule has 0 heterocycles. The first-order valence-electron chi connectivity index (χ1n) is 12.4. The van der Waals surface area contributed by atoms with Crippen LogP contribution in [0.1, 0.15) is 44.1 Å². The summed E-state index contributed by atoms with van der Waals surface area (Å²) in [6, 6.07) is 1.68. The lowest BCUT2D eigenvalue weighted by molar-refractivity contribution is -0.134. The maximum absolute atomic E-state index is 13.1. The molecule has 1 aromatic carbocycles. The standard InChI is InChI=1S/C24H40N8O6/c25-11-1-3-16(27)22(36)30-18(9-10-20(28)34)24(38)31-17(4-2-12-26)23(37)32-19(21(29)35)13-14-5-7-15(33)8-6-14/h5-8,16-19,33H,1-4,9-13,25-27H2,(H2,28,34)(H2,29,35)(H,30,36)(H,31,38)(H,32,37)/t16-,17-,18-,19?/m0/s1. The van der Waals surface area contributed by atoms with Gasteiger partial charge in [-0.3, -0.25) is 24.0 Å². The molecule has 1 aromatic rings. The number of rotatable bonds is 18. The first-order valence-corrected chi connectivity index (χ1v) is 12.4. The van der Waals surface area contributed by atoms with Crippen LogP contribution < -0.4 is 44.6 Å². The lowest BCUT2D eigenvalue weighted by atomic mass is 10.0. The Morgan fingerprint density at radius 3 is 1.76 bits per heavy atom. The SMILES string of the molecule is NCCC[C@H](NC(=O)[C@H](CCC(N)=O)NC(=O)[C@@H](N)CCCN)C(=O)NC(Cc1ccc(O)cc1)C(N)=O. The maximum atomic E-state index is 13.1. The molecule has 1 rings (SSSR count). The average molecular weight is 537 g/mol. The van der Waals surface area contributed by atoms with Crippen LogP contribution in [0.5, 0.6) is 5.75 Å². The Bertz CT molecular complexity index is 942. The molecule has 14 nitrogen and oxygen atoms in total. The van der Waals surface area contributed by atoms with Gasteiger partial charge in [-0.2, -0.15) is 0 Å². The predicted octanol–water partition coefficient (Wildman–Crippen LogP) is -3.05. The highest BCUT2D eigenvalue weighted by atomic mass is 16.3. The maximum Gasteiger partial charge on any atom is 0.243 e. The molecule has 5 amide bonds. The summed E-state index contributed by atoms with van der Waals surface area (Å²) >= 11 is 0. The van der Waals surface area contributed by atoms with E-state index in [1.165, 1.54) is 12.1 Å². The van der Waals surface area contributed by atoms with E-state index in [0.717, 1.165) is 0 Å². The third-order valence-corrected chi connectivity index (χ3v) is 5.73. The number of carbonyl (C=O) groups is 5. The van der Waals surface area contributed by atoms with Crippen LogP contribution in [0.3, 0.4) is 0 Å². The Labute approximate surface area is 221 Å². The van der Waals surface area contributed by atoms with Crippen LogP contribution in [-0.2, 0) is 30.4 Å². The highest BCUT2D eigenvalue weighted by molar-refractivity contribution is 5.94. The van der Waals surface area contributed by atoms with Crippen molar-refractivity contribution in [2.45, 2.75) is 69.1 Å². The van der Waals surface area contributed by atoms with E-state index in [0.29, 0.717) is 31.4 Å². The van der Waals surface area contributed by atoms with Gasteiger partial charge in [0.25, 0.3) is 0 Å². The molecule has 14 heteroatoms. The largest absolute Gasteiger partial charge is 0.508 e. The van der Waals surface area contributed by atoms with Gasteiger partial charge in [-0.05, 0) is 62.9 Å². The molecule has 0 aliphatic heterocycles. The van der Waals surface area contributed by atoms with Crippen molar-refractivity contribution in [3.8, 4) is 5.75 Å². The second-order valence-corrected chi connectivity index (χ2v) is 8.93. The lowest BCUT2D eigenvalue weighted by Gasteiger charge is -2.25. The van der Waals surface area contributed by atoms with Gasteiger partial charge < -0.3 is 49.7 Å². The van der Waals surface area contributed by atoms with E-state index in [-0.39, 0.29) is 38.0 Å². The predicted molar refractivity (Wildman–Crippen MR) is 140 cm³/mol. The van der Waals surface area contributed by atoms with Gasteiger partial charge >= 0.3 is 0 Å². The zero-order valence-corrected chi connectivity index (χ0v) is 21.4. The smallest absolute Gasteiger partial charge is 0.243 e. The van der Waals surface area contributed by atoms with Crippen LogP contribution in [0.2, 0.25) is 0 Å². The summed E-state index contributed by atoms with van der Waals surface area (Å²) in [6.07, 6.45) is 1.02. The number of nitrogens with one attached hydrogen (secondary N) is 3. The lowest BCUT2D eigenvalue weighted by Crippen LogP contribution is -2.58. The Hall–Kier alpha value is -3.75. The Morgan fingerprint density at radius 2 is 1.24 bits per heavy atom. The number of nitrogens with two attached hydrogens (primary N) is 5. The minimum Gasteiger partial charge on any atom is -0.508 e. The molecular formula is C24H40N8O6. The topological polar surface area (TPSA) is 272 Å². The molecule has 1 unspecified atom stereocenters. The molecule has 0 bridgehead atoms. The van der Waals surface area contributed by atoms with Crippen molar-refractivity contribution in [3.63, 3.8) is 0 Å². The van der Waals surface area contributed by atoms with E-state index < -0.39 is 53.7 Å². The molecule has 14 N–H and O–H groups in total. The molecule has 38 heavy (non-hydrogen) atoms. The fourth-order valence-electron chi connectivity index (χ4n) is 3.53. The molecule has 4 atom stereocenters. The minimum atomic E-state index is -1.20. The highest BCUT2D eigenvalue weighted by Crippen LogP contribution is 2.12. The summed E-state index contributed by atoms with van der Waals surface area (Å²) in [6.45, 7) is 0.563. The summed E-state index contributed by atoms with van der Waals surface area (Å²) in [5.74, 6) is -3.48. The summed E-state index contributed by atoms with van der Waals surface area (Å²) < 4.78 is 0. The second kappa shape index (κ2) is 16.9. The zero-order chi connectivity index (χ0) is 28.7. The van der Waals surface area contributed by atoms with Crippen molar-refractivity contribution in [3.05, 3.63) is 29.8 Å². The van der Waals surface area contributed by atoms with Gasteiger partial charge in [0.15, 0.2) is 0 Å². The van der Waals surface area contributed by atoms with Gasteiger partial charge in [0.1, 0.15) is 23.9 Å². The van der Waals surface area contributed by atoms with Gasteiger partial charge in [-0.25, -0.2) is 0 Å². The van der Waals surface area contributed by atoms with Crippen LogP contribution in [0, 0.1) is 0 Å².